The SMILES string of the molecule is O=C1c2ccccc2NC1C=NCc1ccccc1. The predicted octanol–water partition coefficient (Wildman–Crippen LogP) is 2.93. The lowest BCUT2D eigenvalue weighted by molar-refractivity contribution is 0.1000. The van der Waals surface area contributed by atoms with E-state index >= 15 is 0 Å². The van der Waals surface area contributed by atoms with Crippen molar-refractivity contribution in [2.75, 3.05) is 5.32 Å². The number of anilines is 1. The number of hydrogen-bond donors (Lipinski definition) is 1. The monoisotopic (exact) mass is 250 g/mol. The van der Waals surface area contributed by atoms with Crippen LogP contribution < -0.4 is 5.32 Å². The first kappa shape index (κ1) is 11.7. The highest BCUT2D eigenvalue weighted by Gasteiger charge is 2.27. The lowest BCUT2D eigenvalue weighted by Gasteiger charge is -2.02. The van der Waals surface area contributed by atoms with Gasteiger partial charge in [-0.2, -0.15) is 0 Å². The van der Waals surface area contributed by atoms with E-state index in [9.17, 15) is 4.79 Å². The third-order valence-electron chi connectivity index (χ3n) is 3.16. The summed E-state index contributed by atoms with van der Waals surface area (Å²) in [6.07, 6.45) is 1.70. The second-order valence-electron chi connectivity index (χ2n) is 4.51. The number of fused-ring (bicyclic) bond motifs is 1. The maximum Gasteiger partial charge on any atom is 0.192 e. The van der Waals surface area contributed by atoms with Crippen molar-refractivity contribution in [2.45, 2.75) is 12.6 Å². The number of nitrogens with zero attached hydrogens (tertiary/aromatic N) is 1. The number of ketones is 1. The third-order valence-corrected chi connectivity index (χ3v) is 3.16. The molecule has 0 radical (unpaired) electrons. The normalized spacial score (nSPS) is 17.5. The highest BCUT2D eigenvalue weighted by Crippen LogP contribution is 2.24. The fraction of sp³-hybridized carbons (Fsp3) is 0.125. The lowest BCUT2D eigenvalue weighted by Crippen LogP contribution is -2.23. The number of nitrogens with one attached hydrogen (secondary N) is 1. The molecular weight excluding hydrogens is 236 g/mol. The van der Waals surface area contributed by atoms with E-state index in [-0.39, 0.29) is 11.8 Å². The van der Waals surface area contributed by atoms with Crippen molar-refractivity contribution in [3.8, 4) is 0 Å². The summed E-state index contributed by atoms with van der Waals surface area (Å²) in [4.78, 5) is 16.4. The molecule has 0 saturated carbocycles. The molecule has 1 aliphatic rings. The molecule has 1 N–H and O–H groups in total. The molecule has 0 bridgehead atoms. The maximum atomic E-state index is 12.1. The van der Waals surface area contributed by atoms with Crippen LogP contribution in [0.1, 0.15) is 15.9 Å². The zero-order chi connectivity index (χ0) is 13.1. The van der Waals surface area contributed by atoms with Crippen molar-refractivity contribution in [3.05, 3.63) is 65.7 Å². The Balaban J connectivity index is 1.68. The summed E-state index contributed by atoms with van der Waals surface area (Å²) in [6, 6.07) is 17.2. The smallest absolute Gasteiger partial charge is 0.192 e. The van der Waals surface area contributed by atoms with Crippen molar-refractivity contribution in [1.29, 1.82) is 0 Å². The van der Waals surface area contributed by atoms with E-state index in [4.69, 9.17) is 0 Å². The van der Waals surface area contributed by atoms with Gasteiger partial charge in [-0.25, -0.2) is 0 Å². The van der Waals surface area contributed by atoms with E-state index < -0.39 is 0 Å². The van der Waals surface area contributed by atoms with Crippen LogP contribution in [0.2, 0.25) is 0 Å². The van der Waals surface area contributed by atoms with Gasteiger partial charge >= 0.3 is 0 Å². The molecule has 1 unspecified atom stereocenters. The van der Waals surface area contributed by atoms with E-state index in [0.29, 0.717) is 6.54 Å². The van der Waals surface area contributed by atoms with Crippen LogP contribution in [0.15, 0.2) is 59.6 Å². The molecule has 3 heteroatoms. The molecule has 1 aliphatic heterocycles. The molecule has 2 aromatic rings. The summed E-state index contributed by atoms with van der Waals surface area (Å²) in [6.45, 7) is 0.600. The summed E-state index contributed by atoms with van der Waals surface area (Å²) in [5.41, 5.74) is 2.78. The second kappa shape index (κ2) is 5.06. The van der Waals surface area contributed by atoms with Crippen molar-refractivity contribution < 1.29 is 4.79 Å². The van der Waals surface area contributed by atoms with Gasteiger partial charge in [0.25, 0.3) is 0 Å². The number of Topliss-reactive ketones (excluding diaryl/α,β-unsaturated/α-hetero) is 1. The summed E-state index contributed by atoms with van der Waals surface area (Å²) in [7, 11) is 0. The van der Waals surface area contributed by atoms with Crippen LogP contribution in [0.4, 0.5) is 5.69 Å². The lowest BCUT2D eigenvalue weighted by atomic mass is 10.1. The minimum atomic E-state index is -0.332. The van der Waals surface area contributed by atoms with Crippen LogP contribution in [-0.2, 0) is 6.54 Å². The number of para-hydroxylation sites is 1. The molecule has 1 heterocycles. The van der Waals surface area contributed by atoms with Crippen molar-refractivity contribution in [3.63, 3.8) is 0 Å². The average molecular weight is 250 g/mol. The molecule has 1 atom stereocenters. The molecule has 0 saturated heterocycles. The minimum Gasteiger partial charge on any atom is -0.370 e. The Labute approximate surface area is 112 Å². The van der Waals surface area contributed by atoms with E-state index in [1.807, 2.05) is 54.6 Å². The van der Waals surface area contributed by atoms with Crippen LogP contribution in [0, 0.1) is 0 Å². The third kappa shape index (κ3) is 2.40. The predicted molar refractivity (Wildman–Crippen MR) is 76.8 cm³/mol. The number of benzene rings is 2. The van der Waals surface area contributed by atoms with Gasteiger partial charge < -0.3 is 5.32 Å². The van der Waals surface area contributed by atoms with Gasteiger partial charge in [0.2, 0.25) is 0 Å². The molecule has 0 fully saturated rings. The quantitative estimate of drug-likeness (QED) is 0.851. The van der Waals surface area contributed by atoms with Crippen LogP contribution in [-0.4, -0.2) is 18.0 Å². The van der Waals surface area contributed by atoms with Crippen molar-refractivity contribution in [1.82, 2.24) is 0 Å². The molecule has 94 valence electrons. The van der Waals surface area contributed by atoms with Gasteiger partial charge in [0.05, 0.1) is 6.54 Å². The first-order valence-electron chi connectivity index (χ1n) is 6.28. The first-order chi connectivity index (χ1) is 9.34. The Morgan fingerprint density at radius 1 is 1.05 bits per heavy atom. The highest BCUT2D eigenvalue weighted by atomic mass is 16.1. The Morgan fingerprint density at radius 2 is 1.79 bits per heavy atom. The zero-order valence-corrected chi connectivity index (χ0v) is 10.4. The molecule has 2 aromatic carbocycles. The topological polar surface area (TPSA) is 41.5 Å². The summed E-state index contributed by atoms with van der Waals surface area (Å²) >= 11 is 0. The number of rotatable bonds is 3. The highest BCUT2D eigenvalue weighted by molar-refractivity contribution is 6.18. The van der Waals surface area contributed by atoms with E-state index in [1.165, 1.54) is 0 Å². The van der Waals surface area contributed by atoms with E-state index in [1.54, 1.807) is 6.21 Å². The summed E-state index contributed by atoms with van der Waals surface area (Å²) in [5, 5.41) is 3.17. The van der Waals surface area contributed by atoms with Crippen LogP contribution in [0.5, 0.6) is 0 Å². The van der Waals surface area contributed by atoms with E-state index in [2.05, 4.69) is 10.3 Å². The van der Waals surface area contributed by atoms with Crippen LogP contribution >= 0.6 is 0 Å². The Bertz CT molecular complexity index is 620. The molecule has 3 nitrogen and oxygen atoms in total. The van der Waals surface area contributed by atoms with Gasteiger partial charge in [0.1, 0.15) is 6.04 Å². The fourth-order valence-electron chi connectivity index (χ4n) is 2.18. The van der Waals surface area contributed by atoms with Crippen molar-refractivity contribution >= 4 is 17.7 Å². The molecular formula is C16H14N2O. The van der Waals surface area contributed by atoms with Gasteiger partial charge in [-0.15, -0.1) is 0 Å². The zero-order valence-electron chi connectivity index (χ0n) is 10.4. The van der Waals surface area contributed by atoms with Gasteiger partial charge in [-0.3, -0.25) is 9.79 Å². The van der Waals surface area contributed by atoms with Gasteiger partial charge in [-0.05, 0) is 17.7 Å². The van der Waals surface area contributed by atoms with Crippen LogP contribution in [0.25, 0.3) is 0 Å². The number of hydrogen-bond acceptors (Lipinski definition) is 3. The molecule has 0 spiro atoms. The number of carbonyl (C=O) groups excluding carboxylic acids is 1. The van der Waals surface area contributed by atoms with E-state index in [0.717, 1.165) is 16.8 Å². The first-order valence-corrected chi connectivity index (χ1v) is 6.28. The summed E-state index contributed by atoms with van der Waals surface area (Å²) < 4.78 is 0. The van der Waals surface area contributed by atoms with Gasteiger partial charge in [0.15, 0.2) is 5.78 Å². The standard InChI is InChI=1S/C16H14N2O/c19-16-13-8-4-5-9-14(13)18-15(16)11-17-10-12-6-2-1-3-7-12/h1-9,11,15,18H,10H2. The second-order valence-corrected chi connectivity index (χ2v) is 4.51. The number of aliphatic imine (C=N–C) groups is 1. The summed E-state index contributed by atoms with van der Waals surface area (Å²) in [5.74, 6) is 0.0902. The largest absolute Gasteiger partial charge is 0.370 e. The molecule has 19 heavy (non-hydrogen) atoms. The Hall–Kier alpha value is -2.42. The van der Waals surface area contributed by atoms with Gasteiger partial charge in [0, 0.05) is 17.5 Å². The number of carbonyl (C=O) groups is 1. The van der Waals surface area contributed by atoms with Crippen molar-refractivity contribution in [2.24, 2.45) is 4.99 Å². The van der Waals surface area contributed by atoms with Gasteiger partial charge in [-0.1, -0.05) is 42.5 Å². The molecule has 3 rings (SSSR count). The average Bonchev–Trinajstić information content (AvgIpc) is 2.78. The minimum absolute atomic E-state index is 0.0902. The molecule has 0 aliphatic carbocycles. The molecule has 0 amide bonds. The molecule has 0 aromatic heterocycles. The maximum absolute atomic E-state index is 12.1. The van der Waals surface area contributed by atoms with Crippen LogP contribution in [0.3, 0.4) is 0 Å². The fourth-order valence-corrected chi connectivity index (χ4v) is 2.18. The Kier molecular flexibility index (Phi) is 3.11. The Morgan fingerprint density at radius 3 is 2.58 bits per heavy atom.